The maximum absolute atomic E-state index is 12.7. The summed E-state index contributed by atoms with van der Waals surface area (Å²) >= 11 is 3.34. The molecule has 8 nitrogen and oxygen atoms in total. The van der Waals surface area contributed by atoms with Crippen molar-refractivity contribution >= 4 is 33.8 Å². The number of nitrogens with one attached hydrogen (secondary N) is 1. The maximum atomic E-state index is 12.7. The van der Waals surface area contributed by atoms with Crippen molar-refractivity contribution in [3.05, 3.63) is 39.7 Å². The molecule has 0 spiro atoms. The lowest BCUT2D eigenvalue weighted by molar-refractivity contribution is -0.146. The third kappa shape index (κ3) is 4.51. The van der Waals surface area contributed by atoms with Gasteiger partial charge >= 0.3 is 11.9 Å². The Kier molecular flexibility index (Phi) is 7.18. The maximum Gasteiger partial charge on any atom is 0.340 e. The van der Waals surface area contributed by atoms with Crippen molar-refractivity contribution in [3.63, 3.8) is 0 Å². The van der Waals surface area contributed by atoms with Gasteiger partial charge in [-0.3, -0.25) is 14.9 Å². The van der Waals surface area contributed by atoms with Crippen LogP contribution < -0.4 is 10.1 Å². The number of hydrogen-bond donors (Lipinski definition) is 1. The van der Waals surface area contributed by atoms with Gasteiger partial charge < -0.3 is 14.2 Å². The normalized spacial score (nSPS) is 16.2. The van der Waals surface area contributed by atoms with E-state index >= 15 is 0 Å². The second-order valence-electron chi connectivity index (χ2n) is 5.77. The Morgan fingerprint density at radius 2 is 1.96 bits per heavy atom. The summed E-state index contributed by atoms with van der Waals surface area (Å²) in [4.78, 5) is 36.8. The van der Waals surface area contributed by atoms with Crippen molar-refractivity contribution in [1.29, 1.82) is 5.26 Å². The summed E-state index contributed by atoms with van der Waals surface area (Å²) in [6.45, 7) is 4.61. The number of amides is 1. The highest BCUT2D eigenvalue weighted by molar-refractivity contribution is 9.10. The first-order valence-corrected chi connectivity index (χ1v) is 9.35. The quantitative estimate of drug-likeness (QED) is 0.661. The van der Waals surface area contributed by atoms with Gasteiger partial charge in [0.25, 0.3) is 0 Å². The Bertz CT molecular complexity index is 874. The molecule has 2 atom stereocenters. The molecule has 1 aromatic rings. The van der Waals surface area contributed by atoms with Gasteiger partial charge in [-0.15, -0.1) is 0 Å². The fraction of sp³-hybridized carbons (Fsp3) is 0.368. The number of ether oxygens (including phenoxy) is 3. The minimum absolute atomic E-state index is 0.0599. The second-order valence-corrected chi connectivity index (χ2v) is 6.68. The van der Waals surface area contributed by atoms with Gasteiger partial charge in [-0.05, 0) is 32.0 Å². The van der Waals surface area contributed by atoms with Crippen LogP contribution in [0.1, 0.15) is 32.3 Å². The summed E-state index contributed by atoms with van der Waals surface area (Å²) in [6.07, 6.45) is 0. The second kappa shape index (κ2) is 9.37. The van der Waals surface area contributed by atoms with Gasteiger partial charge in [0.05, 0.1) is 25.2 Å². The van der Waals surface area contributed by atoms with E-state index in [2.05, 4.69) is 21.2 Å². The van der Waals surface area contributed by atoms with E-state index in [-0.39, 0.29) is 24.7 Å². The standard InChI is InChI=1S/C19H19BrN2O6/c1-4-26-18(24)13(9-21)15-12-8-11(20)6-7-14(12)28-17(22-10(3)23)16(15)19(25)27-5-2/h6-8,13,15H,4-5H2,1-3H3,(H,22,23). The van der Waals surface area contributed by atoms with Gasteiger partial charge in [-0.1, -0.05) is 15.9 Å². The molecular weight excluding hydrogens is 432 g/mol. The van der Waals surface area contributed by atoms with Gasteiger partial charge in [0, 0.05) is 17.0 Å². The Hall–Kier alpha value is -2.86. The van der Waals surface area contributed by atoms with Crippen LogP contribution in [-0.4, -0.2) is 31.1 Å². The largest absolute Gasteiger partial charge is 0.465 e. The molecule has 1 aromatic carbocycles. The topological polar surface area (TPSA) is 115 Å². The van der Waals surface area contributed by atoms with Crippen LogP contribution in [0.25, 0.3) is 0 Å². The molecule has 2 unspecified atom stereocenters. The Balaban J connectivity index is 2.73. The molecule has 1 amide bonds. The summed E-state index contributed by atoms with van der Waals surface area (Å²) in [7, 11) is 0. The molecule has 0 saturated heterocycles. The first-order valence-electron chi connectivity index (χ1n) is 8.56. The minimum Gasteiger partial charge on any atom is -0.465 e. The molecule has 1 aliphatic heterocycles. The van der Waals surface area contributed by atoms with E-state index in [4.69, 9.17) is 14.2 Å². The molecule has 0 saturated carbocycles. The van der Waals surface area contributed by atoms with E-state index in [0.717, 1.165) is 0 Å². The van der Waals surface area contributed by atoms with Crippen molar-refractivity contribution < 1.29 is 28.6 Å². The molecule has 0 bridgehead atoms. The first-order chi connectivity index (χ1) is 13.3. The molecule has 0 aliphatic carbocycles. The lowest BCUT2D eigenvalue weighted by Crippen LogP contribution is -2.36. The fourth-order valence-electron chi connectivity index (χ4n) is 2.84. The summed E-state index contributed by atoms with van der Waals surface area (Å²) in [6, 6.07) is 6.87. The zero-order valence-corrected chi connectivity index (χ0v) is 17.2. The highest BCUT2D eigenvalue weighted by Crippen LogP contribution is 2.44. The van der Waals surface area contributed by atoms with E-state index in [9.17, 15) is 19.6 Å². The van der Waals surface area contributed by atoms with Crippen molar-refractivity contribution in [2.75, 3.05) is 13.2 Å². The number of halogens is 1. The van der Waals surface area contributed by atoms with Crippen molar-refractivity contribution in [2.45, 2.75) is 26.7 Å². The van der Waals surface area contributed by atoms with E-state index in [1.807, 2.05) is 6.07 Å². The number of nitriles is 1. The number of fused-ring (bicyclic) bond motifs is 1. The van der Waals surface area contributed by atoms with E-state index in [0.29, 0.717) is 15.8 Å². The summed E-state index contributed by atoms with van der Waals surface area (Å²) in [5.41, 5.74) is 0.299. The predicted octanol–water partition coefficient (Wildman–Crippen LogP) is 2.54. The van der Waals surface area contributed by atoms with Crippen LogP contribution >= 0.6 is 15.9 Å². The third-order valence-corrected chi connectivity index (χ3v) is 4.37. The van der Waals surface area contributed by atoms with Crippen LogP contribution in [0, 0.1) is 17.2 Å². The molecular formula is C19H19BrN2O6. The van der Waals surface area contributed by atoms with Crippen LogP contribution in [-0.2, 0) is 23.9 Å². The number of rotatable bonds is 6. The summed E-state index contributed by atoms with van der Waals surface area (Å²) in [5, 5.41) is 12.2. The Morgan fingerprint density at radius 3 is 2.54 bits per heavy atom. The number of benzene rings is 1. The third-order valence-electron chi connectivity index (χ3n) is 3.87. The molecule has 0 radical (unpaired) electrons. The van der Waals surface area contributed by atoms with Crippen LogP contribution in [0.5, 0.6) is 5.75 Å². The predicted molar refractivity (Wildman–Crippen MR) is 101 cm³/mol. The smallest absolute Gasteiger partial charge is 0.340 e. The van der Waals surface area contributed by atoms with Gasteiger partial charge in [0.15, 0.2) is 5.92 Å². The molecule has 0 aromatic heterocycles. The van der Waals surface area contributed by atoms with Gasteiger partial charge in [-0.25, -0.2) is 4.79 Å². The van der Waals surface area contributed by atoms with Gasteiger partial charge in [0.2, 0.25) is 11.8 Å². The lowest BCUT2D eigenvalue weighted by Gasteiger charge is -2.31. The zero-order valence-electron chi connectivity index (χ0n) is 15.6. The monoisotopic (exact) mass is 450 g/mol. The van der Waals surface area contributed by atoms with Crippen molar-refractivity contribution in [1.82, 2.24) is 5.32 Å². The van der Waals surface area contributed by atoms with Crippen LogP contribution in [0.15, 0.2) is 34.1 Å². The lowest BCUT2D eigenvalue weighted by atomic mass is 9.79. The minimum atomic E-state index is -1.35. The van der Waals surface area contributed by atoms with Crippen molar-refractivity contribution in [3.8, 4) is 11.8 Å². The van der Waals surface area contributed by atoms with E-state index in [1.54, 1.807) is 32.0 Å². The highest BCUT2D eigenvalue weighted by Gasteiger charge is 2.44. The van der Waals surface area contributed by atoms with Crippen LogP contribution in [0.4, 0.5) is 0 Å². The summed E-state index contributed by atoms with van der Waals surface area (Å²) in [5.74, 6) is -4.34. The molecule has 148 valence electrons. The van der Waals surface area contributed by atoms with Gasteiger partial charge in [-0.2, -0.15) is 5.26 Å². The molecule has 1 N–H and O–H groups in total. The Labute approximate surface area is 170 Å². The van der Waals surface area contributed by atoms with Crippen LogP contribution in [0.2, 0.25) is 0 Å². The average molecular weight is 451 g/mol. The SMILES string of the molecule is CCOC(=O)C1=C(NC(C)=O)Oc2ccc(Br)cc2C1C(C#N)C(=O)OCC. The number of carbonyl (C=O) groups is 3. The number of carbonyl (C=O) groups excluding carboxylic acids is 3. The molecule has 9 heteroatoms. The molecule has 0 fully saturated rings. The zero-order chi connectivity index (χ0) is 20.8. The Morgan fingerprint density at radius 1 is 1.29 bits per heavy atom. The first kappa shape index (κ1) is 21.4. The van der Waals surface area contributed by atoms with Crippen molar-refractivity contribution in [2.24, 2.45) is 5.92 Å². The number of hydrogen-bond acceptors (Lipinski definition) is 7. The van der Waals surface area contributed by atoms with Crippen LogP contribution in [0.3, 0.4) is 0 Å². The van der Waals surface area contributed by atoms with E-state index < -0.39 is 29.7 Å². The van der Waals surface area contributed by atoms with E-state index in [1.165, 1.54) is 6.92 Å². The molecule has 28 heavy (non-hydrogen) atoms. The highest BCUT2D eigenvalue weighted by atomic mass is 79.9. The number of esters is 2. The summed E-state index contributed by atoms with van der Waals surface area (Å²) < 4.78 is 16.5. The molecule has 1 aliphatic rings. The molecule has 2 rings (SSSR count). The molecule has 1 heterocycles. The fourth-order valence-corrected chi connectivity index (χ4v) is 3.22. The van der Waals surface area contributed by atoms with Gasteiger partial charge in [0.1, 0.15) is 11.3 Å². The number of nitrogens with zero attached hydrogens (tertiary/aromatic N) is 1. The average Bonchev–Trinajstić information content (AvgIpc) is 2.62.